The topological polar surface area (TPSA) is 56.8 Å². The zero-order valence-corrected chi connectivity index (χ0v) is 16.3. The van der Waals surface area contributed by atoms with Crippen LogP contribution >= 0.6 is 0 Å². The Hall–Kier alpha value is -1.75. The molecule has 0 aromatic heterocycles. The van der Waals surface area contributed by atoms with Gasteiger partial charge in [0, 0.05) is 11.5 Å². The summed E-state index contributed by atoms with van der Waals surface area (Å²) in [6, 6.07) is 7.04. The average Bonchev–Trinajstić information content (AvgIpc) is 2.68. The Morgan fingerprint density at radius 2 is 2.19 bits per heavy atom. The van der Waals surface area contributed by atoms with Crippen LogP contribution in [0, 0.1) is 5.92 Å². The van der Waals surface area contributed by atoms with Crippen LogP contribution in [0.3, 0.4) is 0 Å². The van der Waals surface area contributed by atoms with Crippen LogP contribution in [0.25, 0.3) is 0 Å². The van der Waals surface area contributed by atoms with Gasteiger partial charge < -0.3 is 19.5 Å². The molecule has 1 aliphatic heterocycles. The van der Waals surface area contributed by atoms with Crippen LogP contribution in [-0.2, 0) is 21.3 Å². The number of ether oxygens (including phenoxy) is 3. The largest absolute Gasteiger partial charge is 0.511 e. The smallest absolute Gasteiger partial charge is 0.457 e. The van der Waals surface area contributed by atoms with Crippen LogP contribution < -0.4 is 10.1 Å². The van der Waals surface area contributed by atoms with Crippen LogP contribution in [0.2, 0.25) is 0 Å². The summed E-state index contributed by atoms with van der Waals surface area (Å²) >= 11 is 0. The second kappa shape index (κ2) is 8.09. The monoisotopic (exact) mass is 373 g/mol. The predicted molar refractivity (Wildman–Crippen MR) is 103 cm³/mol. The van der Waals surface area contributed by atoms with Crippen molar-refractivity contribution in [3.05, 3.63) is 29.3 Å². The van der Waals surface area contributed by atoms with E-state index in [0.29, 0.717) is 18.1 Å². The molecule has 0 amide bonds. The lowest BCUT2D eigenvalue weighted by Gasteiger charge is -2.56. The maximum atomic E-state index is 11.5. The molecule has 1 aromatic carbocycles. The van der Waals surface area contributed by atoms with Gasteiger partial charge in [0.25, 0.3) is 0 Å². The van der Waals surface area contributed by atoms with E-state index in [2.05, 4.69) is 24.4 Å². The number of nitrogens with one attached hydrogen (secondary N) is 1. The van der Waals surface area contributed by atoms with Gasteiger partial charge in [0.1, 0.15) is 5.75 Å². The molecule has 4 rings (SSSR count). The summed E-state index contributed by atoms with van der Waals surface area (Å²) in [5, 5.41) is 3.76. The molecule has 5 nitrogen and oxygen atoms in total. The molecule has 2 fully saturated rings. The highest BCUT2D eigenvalue weighted by molar-refractivity contribution is 5.59. The number of hydrogen-bond acceptors (Lipinski definition) is 5. The quantitative estimate of drug-likeness (QED) is 0.457. The number of rotatable bonds is 6. The van der Waals surface area contributed by atoms with E-state index in [1.54, 1.807) is 0 Å². The first-order valence-corrected chi connectivity index (χ1v) is 10.5. The number of fused-ring (bicyclic) bond motifs is 1. The number of benzene rings is 1. The number of piperidine rings is 1. The molecule has 2 bridgehead atoms. The Kier molecular flexibility index (Phi) is 5.58. The lowest BCUT2D eigenvalue weighted by atomic mass is 9.53. The number of carbonyl (C=O) groups excluding carboxylic acids is 1. The third kappa shape index (κ3) is 3.66. The zero-order chi connectivity index (χ0) is 18.7. The SMILES string of the molecule is CCCCOC(=O)OCOc1ccc2c(c1)[C@@]13CCCC[C@H]1[C@@H](C2)NCC3. The summed E-state index contributed by atoms with van der Waals surface area (Å²) in [4.78, 5) is 11.5. The minimum absolute atomic E-state index is 0.107. The summed E-state index contributed by atoms with van der Waals surface area (Å²) in [5.41, 5.74) is 3.24. The normalized spacial score (nSPS) is 28.6. The van der Waals surface area contributed by atoms with Crippen molar-refractivity contribution >= 4 is 6.16 Å². The standard InChI is InChI=1S/C22H31NO4/c1-2-3-12-25-21(24)27-15-26-17-8-7-16-13-20-18-6-4-5-9-22(18,10-11-23-20)19(16)14-17/h7-8,14,18,20,23H,2-6,9-13,15H2,1H3/t18-,20+,22+/m0/s1. The van der Waals surface area contributed by atoms with Crippen LogP contribution in [0.1, 0.15) is 63.0 Å². The first-order valence-electron chi connectivity index (χ1n) is 10.5. The van der Waals surface area contributed by atoms with Crippen molar-refractivity contribution in [2.24, 2.45) is 5.92 Å². The molecule has 0 spiro atoms. The van der Waals surface area contributed by atoms with Crippen molar-refractivity contribution in [3.8, 4) is 5.75 Å². The summed E-state index contributed by atoms with van der Waals surface area (Å²) in [6.45, 7) is 3.45. The van der Waals surface area contributed by atoms with E-state index in [9.17, 15) is 4.79 Å². The molecule has 5 heteroatoms. The highest BCUT2D eigenvalue weighted by Crippen LogP contribution is 2.54. The van der Waals surface area contributed by atoms with Crippen LogP contribution in [0.5, 0.6) is 5.75 Å². The van der Waals surface area contributed by atoms with E-state index < -0.39 is 6.16 Å². The van der Waals surface area contributed by atoms with Crippen molar-refractivity contribution in [2.45, 2.75) is 69.7 Å². The first kappa shape index (κ1) is 18.6. The van der Waals surface area contributed by atoms with Crippen molar-refractivity contribution in [3.63, 3.8) is 0 Å². The Labute approximate surface area is 161 Å². The summed E-state index contributed by atoms with van der Waals surface area (Å²) in [7, 11) is 0. The predicted octanol–water partition coefficient (Wildman–Crippen LogP) is 4.32. The van der Waals surface area contributed by atoms with Crippen molar-refractivity contribution < 1.29 is 19.0 Å². The Morgan fingerprint density at radius 1 is 1.26 bits per heavy atom. The fourth-order valence-corrected chi connectivity index (χ4v) is 5.48. The fourth-order valence-electron chi connectivity index (χ4n) is 5.48. The first-order chi connectivity index (χ1) is 13.2. The molecule has 1 N–H and O–H groups in total. The molecule has 1 saturated carbocycles. The van der Waals surface area contributed by atoms with E-state index in [1.165, 1.54) is 43.2 Å². The summed E-state index contributed by atoms with van der Waals surface area (Å²) in [5.74, 6) is 1.53. The molecule has 1 heterocycles. The van der Waals surface area contributed by atoms with Crippen molar-refractivity contribution in [1.29, 1.82) is 0 Å². The third-order valence-corrected chi connectivity index (χ3v) is 6.74. The average molecular weight is 373 g/mol. The molecule has 1 aromatic rings. The fraction of sp³-hybridized carbons (Fsp3) is 0.682. The van der Waals surface area contributed by atoms with Crippen LogP contribution in [-0.4, -0.2) is 32.1 Å². The molecular weight excluding hydrogens is 342 g/mol. The maximum Gasteiger partial charge on any atom is 0.511 e. The van der Waals surface area contributed by atoms with Gasteiger partial charge in [-0.25, -0.2) is 4.79 Å². The molecular formula is C22H31NO4. The van der Waals surface area contributed by atoms with Crippen LogP contribution in [0.4, 0.5) is 4.79 Å². The minimum Gasteiger partial charge on any atom is -0.457 e. The zero-order valence-electron chi connectivity index (χ0n) is 16.3. The van der Waals surface area contributed by atoms with E-state index in [-0.39, 0.29) is 6.79 Å². The lowest BCUT2D eigenvalue weighted by Crippen LogP contribution is -2.59. The van der Waals surface area contributed by atoms with Gasteiger partial charge in [-0.2, -0.15) is 0 Å². The van der Waals surface area contributed by atoms with Gasteiger partial charge in [-0.05, 0) is 67.8 Å². The minimum atomic E-state index is -0.659. The number of unbranched alkanes of at least 4 members (excludes halogenated alkanes) is 1. The number of carbonyl (C=O) groups is 1. The van der Waals surface area contributed by atoms with Crippen molar-refractivity contribution in [2.75, 3.05) is 19.9 Å². The van der Waals surface area contributed by atoms with Crippen LogP contribution in [0.15, 0.2) is 18.2 Å². The molecule has 0 unspecified atom stereocenters. The van der Waals surface area contributed by atoms with Gasteiger partial charge in [0.05, 0.1) is 6.61 Å². The highest BCUT2D eigenvalue weighted by atomic mass is 16.8. The molecule has 0 radical (unpaired) electrons. The third-order valence-electron chi connectivity index (χ3n) is 6.74. The second-order valence-corrected chi connectivity index (χ2v) is 8.20. The second-order valence-electron chi connectivity index (χ2n) is 8.20. The summed E-state index contributed by atoms with van der Waals surface area (Å²) < 4.78 is 15.7. The van der Waals surface area contributed by atoms with Gasteiger partial charge in [-0.1, -0.05) is 32.3 Å². The van der Waals surface area contributed by atoms with E-state index >= 15 is 0 Å². The lowest BCUT2D eigenvalue weighted by molar-refractivity contribution is 0.00399. The molecule has 1 saturated heterocycles. The highest BCUT2D eigenvalue weighted by Gasteiger charge is 2.51. The maximum absolute atomic E-state index is 11.5. The van der Waals surface area contributed by atoms with Gasteiger partial charge in [0.2, 0.25) is 6.79 Å². The van der Waals surface area contributed by atoms with Gasteiger partial charge >= 0.3 is 6.16 Å². The van der Waals surface area contributed by atoms with Gasteiger partial charge in [0.15, 0.2) is 0 Å². The molecule has 27 heavy (non-hydrogen) atoms. The number of hydrogen-bond donors (Lipinski definition) is 1. The van der Waals surface area contributed by atoms with Crippen molar-refractivity contribution in [1.82, 2.24) is 5.32 Å². The van der Waals surface area contributed by atoms with E-state index in [0.717, 1.165) is 37.5 Å². The summed E-state index contributed by atoms with van der Waals surface area (Å²) in [6.07, 6.45) is 8.78. The molecule has 3 aliphatic rings. The van der Waals surface area contributed by atoms with Gasteiger partial charge in [-0.3, -0.25) is 0 Å². The Balaban J connectivity index is 1.43. The molecule has 3 atom stereocenters. The molecule has 148 valence electrons. The van der Waals surface area contributed by atoms with E-state index in [4.69, 9.17) is 14.2 Å². The van der Waals surface area contributed by atoms with E-state index in [1.807, 2.05) is 6.07 Å². The van der Waals surface area contributed by atoms with Gasteiger partial charge in [-0.15, -0.1) is 0 Å². The Morgan fingerprint density at radius 3 is 3.07 bits per heavy atom. The molecule has 2 aliphatic carbocycles. The Bertz CT molecular complexity index is 672.